The molecular weight excluding hydrogens is 811 g/mol. The van der Waals surface area contributed by atoms with Crippen LogP contribution in [0.15, 0.2) is 85.1 Å². The van der Waals surface area contributed by atoms with E-state index >= 15 is 0 Å². The molecule has 0 radical (unpaired) electrons. The van der Waals surface area contributed by atoms with Gasteiger partial charge in [-0.1, -0.05) is 189 Å². The number of nitrogens with zero attached hydrogens (tertiary/aromatic N) is 1. The van der Waals surface area contributed by atoms with Crippen LogP contribution in [0.4, 0.5) is 0 Å². The van der Waals surface area contributed by atoms with Crippen LogP contribution in [-0.4, -0.2) is 80.6 Å². The predicted octanol–water partition coefficient (Wildman–Crippen LogP) is 15.3. The van der Waals surface area contributed by atoms with Gasteiger partial charge in [-0.2, -0.15) is 0 Å². The fourth-order valence-corrected chi connectivity index (χ4v) is 7.33. The third kappa shape index (κ3) is 45.5. The topological polar surface area (TPSA) is 99.1 Å². The highest BCUT2D eigenvalue weighted by atomic mass is 16.6. The number of unbranched alkanes of at least 4 members (excludes halogenated alkanes) is 18. The van der Waals surface area contributed by atoms with Gasteiger partial charge in [-0.25, -0.2) is 4.79 Å². The number of allylic oxidation sites excluding steroid dienone is 14. The Morgan fingerprint density at radius 2 is 0.815 bits per heavy atom. The van der Waals surface area contributed by atoms with Crippen molar-refractivity contribution in [3.05, 3.63) is 85.1 Å². The zero-order valence-electron chi connectivity index (χ0n) is 42.4. The van der Waals surface area contributed by atoms with Gasteiger partial charge in [-0.05, 0) is 83.5 Å². The number of carbonyl (C=O) groups is 3. The number of hydrogen-bond donors (Lipinski definition) is 1. The van der Waals surface area contributed by atoms with Gasteiger partial charge in [0.05, 0.1) is 34.4 Å². The van der Waals surface area contributed by atoms with Crippen LogP contribution in [0.1, 0.15) is 206 Å². The fourth-order valence-electron chi connectivity index (χ4n) is 7.33. The van der Waals surface area contributed by atoms with Crippen LogP contribution in [0.2, 0.25) is 0 Å². The molecule has 0 aliphatic carbocycles. The van der Waals surface area contributed by atoms with Crippen molar-refractivity contribution in [1.82, 2.24) is 0 Å². The molecule has 0 fully saturated rings. The molecule has 0 bridgehead atoms. The molecule has 0 saturated carbocycles. The minimum absolute atomic E-state index is 0.0533. The first-order chi connectivity index (χ1) is 31.6. The zero-order valence-corrected chi connectivity index (χ0v) is 42.4. The van der Waals surface area contributed by atoms with Crippen LogP contribution in [0, 0.1) is 0 Å². The Labute approximate surface area is 399 Å². The lowest BCUT2D eigenvalue weighted by Gasteiger charge is -2.31. The highest BCUT2D eigenvalue weighted by molar-refractivity contribution is 5.72. The first kappa shape index (κ1) is 61.5. The molecule has 0 saturated heterocycles. The summed E-state index contributed by atoms with van der Waals surface area (Å²) in [4.78, 5) is 37.2. The normalized spacial score (nSPS) is 13.6. The van der Waals surface area contributed by atoms with Gasteiger partial charge in [0, 0.05) is 19.3 Å². The third-order valence-corrected chi connectivity index (χ3v) is 11.3. The number of quaternary nitrogens is 1. The van der Waals surface area contributed by atoms with E-state index in [4.69, 9.17) is 14.2 Å². The maximum Gasteiger partial charge on any atom is 0.362 e. The number of esters is 2. The first-order valence-corrected chi connectivity index (χ1v) is 26.1. The SMILES string of the molecule is CC/C=C/C/C=C/C/C=C/C/C=C/CCCCCCCCCCCC(=O)OCC(COCCC(C(=O)O)[N+](C)(C)C)OC(=O)CCCCCCCCCCC/C=C/C/C=C/C/C=C/CC. The highest BCUT2D eigenvalue weighted by Crippen LogP contribution is 2.15. The Morgan fingerprint density at radius 1 is 0.462 bits per heavy atom. The molecule has 0 aliphatic heterocycles. The number of carboxylic acids is 1. The van der Waals surface area contributed by atoms with Gasteiger partial charge in [-0.15, -0.1) is 0 Å². The summed E-state index contributed by atoms with van der Waals surface area (Å²) in [6.07, 6.45) is 62.0. The molecule has 0 heterocycles. The van der Waals surface area contributed by atoms with E-state index in [9.17, 15) is 19.5 Å². The Hall–Kier alpha value is -3.49. The molecule has 8 nitrogen and oxygen atoms in total. The van der Waals surface area contributed by atoms with Crippen molar-refractivity contribution in [2.24, 2.45) is 0 Å². The lowest BCUT2D eigenvalue weighted by Crippen LogP contribution is -2.50. The zero-order chi connectivity index (χ0) is 47.7. The van der Waals surface area contributed by atoms with E-state index in [1.165, 1.54) is 77.0 Å². The lowest BCUT2D eigenvalue weighted by molar-refractivity contribution is -0.887. The van der Waals surface area contributed by atoms with Gasteiger partial charge in [0.25, 0.3) is 0 Å². The second-order valence-corrected chi connectivity index (χ2v) is 18.4. The molecule has 65 heavy (non-hydrogen) atoms. The summed E-state index contributed by atoms with van der Waals surface area (Å²) < 4.78 is 17.4. The summed E-state index contributed by atoms with van der Waals surface area (Å²) in [6, 6.07) is -0.621. The van der Waals surface area contributed by atoms with Crippen molar-refractivity contribution in [2.45, 2.75) is 219 Å². The van der Waals surface area contributed by atoms with Crippen LogP contribution in [-0.2, 0) is 28.6 Å². The lowest BCUT2D eigenvalue weighted by atomic mass is 10.1. The van der Waals surface area contributed by atoms with Gasteiger partial charge < -0.3 is 23.8 Å². The number of hydrogen-bond acceptors (Lipinski definition) is 6. The molecule has 1 N–H and O–H groups in total. The van der Waals surface area contributed by atoms with Gasteiger partial charge in [0.15, 0.2) is 12.1 Å². The molecule has 0 rings (SSSR count). The average Bonchev–Trinajstić information content (AvgIpc) is 3.27. The highest BCUT2D eigenvalue weighted by Gasteiger charge is 2.31. The van der Waals surface area contributed by atoms with Crippen molar-refractivity contribution in [1.29, 1.82) is 0 Å². The largest absolute Gasteiger partial charge is 0.477 e. The van der Waals surface area contributed by atoms with E-state index in [-0.39, 0.29) is 36.2 Å². The molecular formula is C57H98NO7+. The molecule has 0 aliphatic rings. The number of ether oxygens (including phenoxy) is 3. The Kier molecular flexibility index (Phi) is 44.5. The van der Waals surface area contributed by atoms with Crippen LogP contribution in [0.3, 0.4) is 0 Å². The van der Waals surface area contributed by atoms with Crippen LogP contribution >= 0.6 is 0 Å². The number of likely N-dealkylation sites (N-methyl/N-ethyl adjacent to an activating group) is 1. The second kappa shape index (κ2) is 47.0. The molecule has 0 amide bonds. The van der Waals surface area contributed by atoms with Gasteiger partial charge >= 0.3 is 17.9 Å². The quantitative estimate of drug-likeness (QED) is 0.0281. The van der Waals surface area contributed by atoms with Gasteiger partial charge in [0.1, 0.15) is 6.61 Å². The van der Waals surface area contributed by atoms with E-state index in [1.54, 1.807) is 0 Å². The minimum atomic E-state index is -0.879. The number of rotatable bonds is 46. The van der Waals surface area contributed by atoms with E-state index in [0.29, 0.717) is 19.3 Å². The maximum absolute atomic E-state index is 12.8. The van der Waals surface area contributed by atoms with E-state index in [0.717, 1.165) is 96.3 Å². The van der Waals surface area contributed by atoms with E-state index in [1.807, 2.05) is 21.1 Å². The van der Waals surface area contributed by atoms with Crippen LogP contribution in [0.25, 0.3) is 0 Å². The molecule has 372 valence electrons. The molecule has 2 atom stereocenters. The summed E-state index contributed by atoms with van der Waals surface area (Å²) >= 11 is 0. The van der Waals surface area contributed by atoms with Crippen LogP contribution in [0.5, 0.6) is 0 Å². The summed E-state index contributed by atoms with van der Waals surface area (Å²) in [5.41, 5.74) is 0. The summed E-state index contributed by atoms with van der Waals surface area (Å²) in [5, 5.41) is 9.66. The summed E-state index contributed by atoms with van der Waals surface area (Å²) in [5.74, 6) is -1.48. The monoisotopic (exact) mass is 909 g/mol. The fraction of sp³-hybridized carbons (Fsp3) is 0.702. The first-order valence-electron chi connectivity index (χ1n) is 26.1. The smallest absolute Gasteiger partial charge is 0.362 e. The summed E-state index contributed by atoms with van der Waals surface area (Å²) in [6.45, 7) is 4.51. The Morgan fingerprint density at radius 3 is 1.20 bits per heavy atom. The molecule has 0 aromatic heterocycles. The Bertz CT molecular complexity index is 1330. The molecule has 8 heteroatoms. The third-order valence-electron chi connectivity index (χ3n) is 11.3. The van der Waals surface area contributed by atoms with Gasteiger partial charge in [-0.3, -0.25) is 9.59 Å². The van der Waals surface area contributed by atoms with Crippen molar-refractivity contribution in [2.75, 3.05) is 41.0 Å². The van der Waals surface area contributed by atoms with Crippen molar-refractivity contribution in [3.8, 4) is 0 Å². The van der Waals surface area contributed by atoms with E-state index in [2.05, 4.69) is 98.9 Å². The molecule has 0 spiro atoms. The number of aliphatic carboxylic acids is 1. The van der Waals surface area contributed by atoms with Crippen molar-refractivity contribution >= 4 is 17.9 Å². The molecule has 0 aromatic rings. The standard InChI is InChI=1S/C57H97NO7/c1-6-8-10-12-14-16-18-20-22-24-26-27-28-30-31-33-35-37-39-41-43-45-47-55(59)64-52-53(51-63-50-49-54(57(61)62)58(3,4)5)65-56(60)48-46-44-42-40-38-36-34-32-29-25-23-21-19-17-15-13-11-9-7-2/h8-11,14-17,20-23,26-27,53-54H,6-7,12-13,18-19,24-25,28-52H2,1-5H3/p+1/b10-8+,11-9+,16-14+,17-15+,22-20+,23-21+,27-26+. The number of carboxylic acid groups (broad SMARTS) is 1. The van der Waals surface area contributed by atoms with E-state index < -0.39 is 18.1 Å². The average molecular weight is 909 g/mol. The van der Waals surface area contributed by atoms with Crippen molar-refractivity contribution < 1.29 is 38.2 Å². The second-order valence-electron chi connectivity index (χ2n) is 18.4. The van der Waals surface area contributed by atoms with Crippen LogP contribution < -0.4 is 0 Å². The number of carbonyl (C=O) groups excluding carboxylic acids is 2. The molecule has 2 unspecified atom stereocenters. The maximum atomic E-state index is 12.8. The minimum Gasteiger partial charge on any atom is -0.477 e. The van der Waals surface area contributed by atoms with Gasteiger partial charge in [0.2, 0.25) is 0 Å². The summed E-state index contributed by atoms with van der Waals surface area (Å²) in [7, 11) is 5.53. The Balaban J connectivity index is 4.25. The van der Waals surface area contributed by atoms with Crippen molar-refractivity contribution in [3.63, 3.8) is 0 Å². The predicted molar refractivity (Wildman–Crippen MR) is 275 cm³/mol. The molecule has 0 aromatic carbocycles.